The van der Waals surface area contributed by atoms with Crippen LogP contribution in [0.1, 0.15) is 56.2 Å². The number of H-pyrrole nitrogens is 1. The Balaban J connectivity index is 1.30. The van der Waals surface area contributed by atoms with Crippen LogP contribution in [0.25, 0.3) is 10.9 Å². The number of carbonyl (C=O) groups is 2. The van der Waals surface area contributed by atoms with Crippen molar-refractivity contribution in [3.05, 3.63) is 101 Å². The molecule has 6 rings (SSSR count). The molecule has 1 aliphatic heterocycles. The van der Waals surface area contributed by atoms with Crippen molar-refractivity contribution in [2.75, 3.05) is 13.1 Å². The van der Waals surface area contributed by atoms with E-state index < -0.39 is 0 Å². The van der Waals surface area contributed by atoms with Crippen molar-refractivity contribution < 1.29 is 9.59 Å². The molecule has 1 fully saturated rings. The summed E-state index contributed by atoms with van der Waals surface area (Å²) in [6, 6.07) is 18.4. The highest BCUT2D eigenvalue weighted by Crippen LogP contribution is 2.43. The molecule has 3 heterocycles. The summed E-state index contributed by atoms with van der Waals surface area (Å²) in [5.74, 6) is 0.779. The molecule has 1 unspecified atom stereocenters. The number of benzene rings is 2. The SMILES string of the molecule is O=C1Cc2ccccc2C(C2CCN(C(=O)c3cncc4cc[nH]c34)CC2)c2ccccc21. The lowest BCUT2D eigenvalue weighted by Crippen LogP contribution is -2.40. The van der Waals surface area contributed by atoms with Gasteiger partial charge in [-0.15, -0.1) is 0 Å². The highest BCUT2D eigenvalue weighted by molar-refractivity contribution is 6.05. The number of piperidine rings is 1. The molecule has 2 aromatic heterocycles. The first kappa shape index (κ1) is 19.9. The number of Topliss-reactive ketones (excluding diaryl/α,β-unsaturated/α-hetero) is 1. The van der Waals surface area contributed by atoms with Crippen molar-refractivity contribution in [1.82, 2.24) is 14.9 Å². The van der Waals surface area contributed by atoms with Gasteiger partial charge in [-0.05, 0) is 41.5 Å². The van der Waals surface area contributed by atoms with Gasteiger partial charge in [0.1, 0.15) is 0 Å². The van der Waals surface area contributed by atoms with Crippen molar-refractivity contribution in [2.45, 2.75) is 25.2 Å². The van der Waals surface area contributed by atoms with Crippen LogP contribution in [0, 0.1) is 5.92 Å². The Morgan fingerprint density at radius 2 is 1.70 bits per heavy atom. The molecule has 1 aliphatic carbocycles. The van der Waals surface area contributed by atoms with Gasteiger partial charge in [-0.1, -0.05) is 48.5 Å². The average molecular weight is 436 g/mol. The Morgan fingerprint density at radius 3 is 2.55 bits per heavy atom. The standard InChI is InChI=1S/C28H25N3O2/c32-25-15-19-5-1-2-6-21(19)26(23-8-4-3-7-22(23)25)18-10-13-31(14-11-18)28(33)24-17-29-16-20-9-12-30-27(20)24/h1-9,12,16-18,26,30H,10-11,13-15H2. The zero-order chi connectivity index (χ0) is 22.4. The molecule has 0 bridgehead atoms. The number of nitrogens with zero attached hydrogens (tertiary/aromatic N) is 2. The van der Waals surface area contributed by atoms with Gasteiger partial charge in [-0.3, -0.25) is 14.6 Å². The molecule has 0 saturated carbocycles. The van der Waals surface area contributed by atoms with Crippen molar-refractivity contribution >= 4 is 22.6 Å². The zero-order valence-electron chi connectivity index (χ0n) is 18.3. The maximum absolute atomic E-state index is 13.3. The Hall–Kier alpha value is -3.73. The molecule has 2 aromatic carbocycles. The minimum atomic E-state index is 0.0332. The van der Waals surface area contributed by atoms with Crippen molar-refractivity contribution in [3.8, 4) is 0 Å². The smallest absolute Gasteiger partial charge is 0.257 e. The highest BCUT2D eigenvalue weighted by Gasteiger charge is 2.35. The van der Waals surface area contributed by atoms with E-state index in [1.807, 2.05) is 41.4 Å². The lowest BCUT2D eigenvalue weighted by atomic mass is 9.74. The first-order chi connectivity index (χ1) is 16.2. The van der Waals surface area contributed by atoms with Gasteiger partial charge in [-0.2, -0.15) is 0 Å². The van der Waals surface area contributed by atoms with Crippen LogP contribution in [-0.4, -0.2) is 39.6 Å². The maximum atomic E-state index is 13.3. The normalized spacial score (nSPS) is 18.6. The molecule has 1 saturated heterocycles. The van der Waals surface area contributed by atoms with Crippen LogP contribution in [0.15, 0.2) is 73.2 Å². The van der Waals surface area contributed by atoms with Crippen molar-refractivity contribution in [2.24, 2.45) is 5.92 Å². The summed E-state index contributed by atoms with van der Waals surface area (Å²) in [4.78, 5) is 35.7. The Kier molecular flexibility index (Phi) is 4.83. The van der Waals surface area contributed by atoms with Gasteiger partial charge in [0.05, 0.1) is 11.1 Å². The van der Waals surface area contributed by atoms with E-state index >= 15 is 0 Å². The molecule has 5 heteroatoms. The van der Waals surface area contributed by atoms with Crippen molar-refractivity contribution in [3.63, 3.8) is 0 Å². The second-order valence-electron chi connectivity index (χ2n) is 9.12. The first-order valence-corrected chi connectivity index (χ1v) is 11.6. The van der Waals surface area contributed by atoms with Crippen LogP contribution in [0.5, 0.6) is 0 Å². The third-order valence-corrected chi connectivity index (χ3v) is 7.33. The van der Waals surface area contributed by atoms with Gasteiger partial charge in [-0.25, -0.2) is 0 Å². The molecule has 1 N–H and O–H groups in total. The number of amides is 1. The number of fused-ring (bicyclic) bond motifs is 3. The van der Waals surface area contributed by atoms with E-state index in [0.29, 0.717) is 31.0 Å². The monoisotopic (exact) mass is 435 g/mol. The second kappa shape index (κ2) is 8.00. The van der Waals surface area contributed by atoms with Crippen LogP contribution < -0.4 is 0 Å². The molecule has 0 radical (unpaired) electrons. The number of hydrogen-bond donors (Lipinski definition) is 1. The lowest BCUT2D eigenvalue weighted by molar-refractivity contribution is 0.0684. The summed E-state index contributed by atoms with van der Waals surface area (Å²) in [5, 5.41) is 0.951. The summed E-state index contributed by atoms with van der Waals surface area (Å²) in [6.45, 7) is 1.41. The van der Waals surface area contributed by atoms with Gasteiger partial charge in [0.25, 0.3) is 5.91 Å². The number of aromatic nitrogens is 2. The van der Waals surface area contributed by atoms with Gasteiger partial charge >= 0.3 is 0 Å². The van der Waals surface area contributed by atoms with E-state index in [1.165, 1.54) is 5.56 Å². The summed E-state index contributed by atoms with van der Waals surface area (Å²) >= 11 is 0. The van der Waals surface area contributed by atoms with Gasteiger partial charge in [0.15, 0.2) is 5.78 Å². The van der Waals surface area contributed by atoms with Gasteiger partial charge < -0.3 is 9.88 Å². The molecule has 4 aromatic rings. The molecule has 33 heavy (non-hydrogen) atoms. The van der Waals surface area contributed by atoms with Gasteiger partial charge in [0.2, 0.25) is 0 Å². The molecule has 0 spiro atoms. The number of pyridine rings is 1. The van der Waals surface area contributed by atoms with Crippen LogP contribution in [-0.2, 0) is 6.42 Å². The predicted molar refractivity (Wildman–Crippen MR) is 127 cm³/mol. The van der Waals surface area contributed by atoms with E-state index in [1.54, 1.807) is 12.4 Å². The Bertz CT molecular complexity index is 1360. The van der Waals surface area contributed by atoms with E-state index in [4.69, 9.17) is 0 Å². The van der Waals surface area contributed by atoms with E-state index in [-0.39, 0.29) is 17.6 Å². The molecule has 5 nitrogen and oxygen atoms in total. The number of likely N-dealkylation sites (tertiary alicyclic amines) is 1. The molecule has 1 amide bonds. The largest absolute Gasteiger partial charge is 0.360 e. The maximum Gasteiger partial charge on any atom is 0.257 e. The van der Waals surface area contributed by atoms with E-state index in [9.17, 15) is 9.59 Å². The number of rotatable bonds is 2. The fourth-order valence-corrected chi connectivity index (χ4v) is 5.71. The number of nitrogens with one attached hydrogen (secondary N) is 1. The molecule has 164 valence electrons. The number of carbonyl (C=O) groups excluding carboxylic acids is 2. The molecular weight excluding hydrogens is 410 g/mol. The predicted octanol–water partition coefficient (Wildman–Crippen LogP) is 4.99. The summed E-state index contributed by atoms with van der Waals surface area (Å²) in [7, 11) is 0. The van der Waals surface area contributed by atoms with Crippen LogP contribution in [0.4, 0.5) is 0 Å². The molecule has 1 atom stereocenters. The quantitative estimate of drug-likeness (QED) is 0.483. The zero-order valence-corrected chi connectivity index (χ0v) is 18.3. The first-order valence-electron chi connectivity index (χ1n) is 11.6. The third kappa shape index (κ3) is 3.35. The third-order valence-electron chi connectivity index (χ3n) is 7.33. The Labute approximate surface area is 192 Å². The van der Waals surface area contributed by atoms with Gasteiger partial charge in [0, 0.05) is 55.0 Å². The van der Waals surface area contributed by atoms with Crippen molar-refractivity contribution in [1.29, 1.82) is 0 Å². The fraction of sp³-hybridized carbons (Fsp3) is 0.250. The number of aromatic amines is 1. The molecular formula is C28H25N3O2. The number of ketones is 1. The minimum absolute atomic E-state index is 0.0332. The summed E-state index contributed by atoms with van der Waals surface area (Å²) in [5.41, 5.74) is 5.86. The fourth-order valence-electron chi connectivity index (χ4n) is 5.71. The van der Waals surface area contributed by atoms with E-state index in [2.05, 4.69) is 34.2 Å². The highest BCUT2D eigenvalue weighted by atomic mass is 16.2. The summed E-state index contributed by atoms with van der Waals surface area (Å²) < 4.78 is 0. The minimum Gasteiger partial charge on any atom is -0.360 e. The number of hydrogen-bond acceptors (Lipinski definition) is 3. The van der Waals surface area contributed by atoms with Crippen LogP contribution >= 0.6 is 0 Å². The van der Waals surface area contributed by atoms with Crippen LogP contribution in [0.3, 0.4) is 0 Å². The van der Waals surface area contributed by atoms with E-state index in [0.717, 1.165) is 40.4 Å². The average Bonchev–Trinajstić information content (AvgIpc) is 3.30. The topological polar surface area (TPSA) is 66.1 Å². The van der Waals surface area contributed by atoms with Crippen LogP contribution in [0.2, 0.25) is 0 Å². The Morgan fingerprint density at radius 1 is 0.939 bits per heavy atom. The molecule has 2 aliphatic rings. The second-order valence-corrected chi connectivity index (χ2v) is 9.12. The summed E-state index contributed by atoms with van der Waals surface area (Å²) in [6.07, 6.45) is 7.54. The lowest BCUT2D eigenvalue weighted by Gasteiger charge is -2.37.